The highest BCUT2D eigenvalue weighted by atomic mass is 32.2. The van der Waals surface area contributed by atoms with E-state index in [2.05, 4.69) is 0 Å². The van der Waals surface area contributed by atoms with Crippen molar-refractivity contribution < 1.29 is 13.2 Å². The Morgan fingerprint density at radius 1 is 1.38 bits per heavy atom. The van der Waals surface area contributed by atoms with Gasteiger partial charge in [-0.3, -0.25) is 4.79 Å². The van der Waals surface area contributed by atoms with Crippen LogP contribution in [-0.4, -0.2) is 50.0 Å². The Bertz CT molecular complexity index is 356. The highest BCUT2D eigenvalue weighted by molar-refractivity contribution is 7.86. The van der Waals surface area contributed by atoms with Gasteiger partial charge in [-0.15, -0.1) is 0 Å². The van der Waals surface area contributed by atoms with E-state index in [-0.39, 0.29) is 17.6 Å². The van der Waals surface area contributed by atoms with Crippen LogP contribution in [0, 0.1) is 11.8 Å². The summed E-state index contributed by atoms with van der Waals surface area (Å²) in [5.41, 5.74) is 0. The largest absolute Gasteiger partial charge is 0.299 e. The maximum atomic E-state index is 11.6. The topological polar surface area (TPSA) is 57.7 Å². The molecule has 1 heterocycles. The van der Waals surface area contributed by atoms with Crippen LogP contribution in [0.4, 0.5) is 0 Å². The molecule has 1 aliphatic heterocycles. The Morgan fingerprint density at radius 3 is 2.25 bits per heavy atom. The lowest BCUT2D eigenvalue weighted by atomic mass is 9.92. The number of carbonyl (C=O) groups excluding carboxylic acids is 1. The SMILES string of the molecule is CC(C)C(=O)CC1CN(S(=O)(=O)N(C)C)C1. The highest BCUT2D eigenvalue weighted by Crippen LogP contribution is 2.24. The number of ketones is 1. The lowest BCUT2D eigenvalue weighted by Gasteiger charge is -2.39. The van der Waals surface area contributed by atoms with E-state index in [0.29, 0.717) is 19.5 Å². The molecule has 1 rings (SSSR count). The second-order valence-electron chi connectivity index (χ2n) is 4.80. The van der Waals surface area contributed by atoms with Crippen LogP contribution in [0.15, 0.2) is 0 Å². The van der Waals surface area contributed by atoms with Crippen molar-refractivity contribution in [3.05, 3.63) is 0 Å². The molecule has 0 bridgehead atoms. The second-order valence-corrected chi connectivity index (χ2v) is 6.94. The van der Waals surface area contributed by atoms with Crippen molar-refractivity contribution in [2.45, 2.75) is 20.3 Å². The standard InChI is InChI=1S/C10H20N2O3S/c1-8(2)10(13)5-9-6-12(7-9)16(14,15)11(3)4/h8-9H,5-7H2,1-4H3. The van der Waals surface area contributed by atoms with Crippen molar-refractivity contribution in [3.8, 4) is 0 Å². The predicted molar refractivity (Wildman–Crippen MR) is 62.1 cm³/mol. The first-order valence-electron chi connectivity index (χ1n) is 5.45. The van der Waals surface area contributed by atoms with Gasteiger partial charge in [0.25, 0.3) is 10.2 Å². The van der Waals surface area contributed by atoms with Crippen LogP contribution >= 0.6 is 0 Å². The van der Waals surface area contributed by atoms with E-state index in [1.807, 2.05) is 13.8 Å². The van der Waals surface area contributed by atoms with Gasteiger partial charge in [0, 0.05) is 39.5 Å². The van der Waals surface area contributed by atoms with Crippen molar-refractivity contribution in [1.29, 1.82) is 0 Å². The molecule has 0 unspecified atom stereocenters. The van der Waals surface area contributed by atoms with Crippen LogP contribution in [0.25, 0.3) is 0 Å². The van der Waals surface area contributed by atoms with E-state index < -0.39 is 10.2 Å². The summed E-state index contributed by atoms with van der Waals surface area (Å²) < 4.78 is 25.9. The number of rotatable bonds is 5. The molecule has 1 saturated heterocycles. The van der Waals surface area contributed by atoms with Crippen molar-refractivity contribution in [2.24, 2.45) is 11.8 Å². The average molecular weight is 248 g/mol. The fraction of sp³-hybridized carbons (Fsp3) is 0.900. The number of Topliss-reactive ketones (excluding diaryl/α,β-unsaturated/α-hetero) is 1. The minimum atomic E-state index is -3.27. The number of nitrogens with zero attached hydrogens (tertiary/aromatic N) is 2. The summed E-state index contributed by atoms with van der Waals surface area (Å²) in [6.07, 6.45) is 0.497. The minimum Gasteiger partial charge on any atom is -0.299 e. The maximum Gasteiger partial charge on any atom is 0.281 e. The van der Waals surface area contributed by atoms with E-state index in [1.54, 1.807) is 0 Å². The number of hydrogen-bond donors (Lipinski definition) is 0. The van der Waals surface area contributed by atoms with E-state index in [9.17, 15) is 13.2 Å². The summed E-state index contributed by atoms with van der Waals surface area (Å²) >= 11 is 0. The zero-order valence-electron chi connectivity index (χ0n) is 10.3. The zero-order valence-corrected chi connectivity index (χ0v) is 11.1. The molecule has 0 spiro atoms. The molecule has 0 aromatic carbocycles. The van der Waals surface area contributed by atoms with Crippen LogP contribution in [-0.2, 0) is 15.0 Å². The predicted octanol–water partition coefficient (Wildman–Crippen LogP) is 0.340. The zero-order chi connectivity index (χ0) is 12.5. The normalized spacial score (nSPS) is 19.1. The third-order valence-electron chi connectivity index (χ3n) is 2.85. The summed E-state index contributed by atoms with van der Waals surface area (Å²) in [6.45, 7) is 4.68. The van der Waals surface area contributed by atoms with Gasteiger partial charge in [-0.2, -0.15) is 17.0 Å². The fourth-order valence-corrected chi connectivity index (χ4v) is 2.85. The molecule has 0 aromatic rings. The smallest absolute Gasteiger partial charge is 0.281 e. The van der Waals surface area contributed by atoms with Crippen molar-refractivity contribution in [3.63, 3.8) is 0 Å². The van der Waals surface area contributed by atoms with Gasteiger partial charge in [-0.1, -0.05) is 13.8 Å². The average Bonchev–Trinajstić information content (AvgIpc) is 2.08. The van der Waals surface area contributed by atoms with Crippen LogP contribution in [0.3, 0.4) is 0 Å². The summed E-state index contributed by atoms with van der Waals surface area (Å²) in [5.74, 6) is 0.455. The van der Waals surface area contributed by atoms with Crippen LogP contribution in [0.1, 0.15) is 20.3 Å². The Hall–Kier alpha value is -0.460. The van der Waals surface area contributed by atoms with Gasteiger partial charge in [0.15, 0.2) is 0 Å². The van der Waals surface area contributed by atoms with E-state index in [4.69, 9.17) is 0 Å². The molecule has 6 heteroatoms. The Balaban J connectivity index is 2.42. The van der Waals surface area contributed by atoms with E-state index in [1.165, 1.54) is 22.7 Å². The van der Waals surface area contributed by atoms with Crippen molar-refractivity contribution in [2.75, 3.05) is 27.2 Å². The Kier molecular flexibility index (Phi) is 4.09. The summed E-state index contributed by atoms with van der Waals surface area (Å²) in [5, 5.41) is 0. The Morgan fingerprint density at radius 2 is 1.88 bits per heavy atom. The van der Waals surface area contributed by atoms with Crippen molar-refractivity contribution in [1.82, 2.24) is 8.61 Å². The van der Waals surface area contributed by atoms with Gasteiger partial charge < -0.3 is 0 Å². The monoisotopic (exact) mass is 248 g/mol. The van der Waals surface area contributed by atoms with E-state index >= 15 is 0 Å². The highest BCUT2D eigenvalue weighted by Gasteiger charge is 2.37. The summed E-state index contributed by atoms with van der Waals surface area (Å²) in [7, 11) is -0.242. The molecular weight excluding hydrogens is 228 g/mol. The molecule has 1 aliphatic rings. The molecule has 1 fully saturated rings. The molecule has 16 heavy (non-hydrogen) atoms. The maximum absolute atomic E-state index is 11.6. The first kappa shape index (κ1) is 13.6. The molecule has 0 radical (unpaired) electrons. The minimum absolute atomic E-state index is 0.0412. The molecule has 94 valence electrons. The molecule has 0 aromatic heterocycles. The van der Waals surface area contributed by atoms with Gasteiger partial charge >= 0.3 is 0 Å². The quantitative estimate of drug-likeness (QED) is 0.705. The third-order valence-corrected chi connectivity index (χ3v) is 4.72. The lowest BCUT2D eigenvalue weighted by Crippen LogP contribution is -2.54. The number of carbonyl (C=O) groups is 1. The van der Waals surface area contributed by atoms with Gasteiger partial charge in [0.1, 0.15) is 5.78 Å². The Labute approximate surface area is 97.6 Å². The molecule has 0 N–H and O–H groups in total. The molecule has 0 aliphatic carbocycles. The molecule has 0 amide bonds. The van der Waals surface area contributed by atoms with Gasteiger partial charge in [0.2, 0.25) is 0 Å². The second kappa shape index (κ2) is 4.81. The molecular formula is C10H20N2O3S. The lowest BCUT2D eigenvalue weighted by molar-refractivity contribution is -0.123. The molecule has 5 nitrogen and oxygen atoms in total. The first-order valence-corrected chi connectivity index (χ1v) is 6.85. The molecule has 0 atom stereocenters. The first-order chi connectivity index (χ1) is 7.25. The van der Waals surface area contributed by atoms with Crippen LogP contribution in [0.5, 0.6) is 0 Å². The van der Waals surface area contributed by atoms with Crippen LogP contribution < -0.4 is 0 Å². The third kappa shape index (κ3) is 2.81. The molecule has 0 saturated carbocycles. The van der Waals surface area contributed by atoms with Crippen molar-refractivity contribution >= 4 is 16.0 Å². The van der Waals surface area contributed by atoms with Crippen LogP contribution in [0.2, 0.25) is 0 Å². The number of hydrogen-bond acceptors (Lipinski definition) is 3. The van der Waals surface area contributed by atoms with Gasteiger partial charge in [-0.05, 0) is 5.92 Å². The fourth-order valence-electron chi connectivity index (χ4n) is 1.59. The summed E-state index contributed by atoms with van der Waals surface area (Å²) in [4.78, 5) is 11.5. The summed E-state index contributed by atoms with van der Waals surface area (Å²) in [6, 6.07) is 0. The van der Waals surface area contributed by atoms with E-state index in [0.717, 1.165) is 0 Å². The van der Waals surface area contributed by atoms with Gasteiger partial charge in [-0.25, -0.2) is 0 Å². The van der Waals surface area contributed by atoms with Gasteiger partial charge in [0.05, 0.1) is 0 Å².